The van der Waals surface area contributed by atoms with Gasteiger partial charge >= 0.3 is 5.97 Å². The van der Waals surface area contributed by atoms with Gasteiger partial charge in [-0.15, -0.1) is 0 Å². The van der Waals surface area contributed by atoms with E-state index in [0.717, 1.165) is 58.0 Å². The molecule has 0 radical (unpaired) electrons. The Hall–Kier alpha value is -0.473. The van der Waals surface area contributed by atoms with Gasteiger partial charge in [0.2, 0.25) is 0 Å². The average Bonchev–Trinajstić information content (AvgIpc) is 2.73. The first-order chi connectivity index (χ1) is 15.5. The van der Waals surface area contributed by atoms with E-state index < -0.39 is 8.32 Å². The van der Waals surface area contributed by atoms with Crippen LogP contribution in [0.15, 0.2) is 0 Å². The molecular weight excluding hydrogens is 436 g/mol. The fourth-order valence-corrected chi connectivity index (χ4v) is 6.61. The van der Waals surface area contributed by atoms with Gasteiger partial charge in [0.15, 0.2) is 14.1 Å². The summed E-state index contributed by atoms with van der Waals surface area (Å²) in [7, 11) is -0.554. The molecule has 2 heterocycles. The summed E-state index contributed by atoms with van der Waals surface area (Å²) in [4.78, 5) is 12.1. The summed E-state index contributed by atoms with van der Waals surface area (Å²) in [5, 5.41) is 0.0901. The molecule has 0 amide bonds. The molecule has 2 aliphatic heterocycles. The maximum absolute atomic E-state index is 12.1. The molecule has 0 bridgehead atoms. The smallest absolute Gasteiger partial charge is 0.308 e. The quantitative estimate of drug-likeness (QED) is 0.305. The first-order valence-electron chi connectivity index (χ1n) is 13.2. The zero-order valence-corrected chi connectivity index (χ0v) is 23.0. The predicted molar refractivity (Wildman–Crippen MR) is 132 cm³/mol. The van der Waals surface area contributed by atoms with Crippen molar-refractivity contribution in [1.29, 1.82) is 0 Å². The van der Waals surface area contributed by atoms with Crippen molar-refractivity contribution in [2.75, 3.05) is 13.7 Å². The van der Waals surface area contributed by atoms with Crippen LogP contribution in [0.25, 0.3) is 0 Å². The van der Waals surface area contributed by atoms with Crippen LogP contribution in [0.5, 0.6) is 0 Å². The molecule has 0 N–H and O–H groups in total. The molecule has 192 valence electrons. The Bertz CT molecular complexity index is 619. The van der Waals surface area contributed by atoms with Gasteiger partial charge in [0, 0.05) is 12.8 Å². The number of hydrogen-bond donors (Lipinski definition) is 0. The van der Waals surface area contributed by atoms with E-state index >= 15 is 0 Å². The number of methoxy groups -OCH3 is 1. The Kier molecular flexibility index (Phi) is 9.46. The SMILES string of the molecule is COC(=O)C[C@@H](C[C@@H]1CCC[C@H](C[C@@H]2CCOC3(CCCCC3)O2)O1)O[Si](C)(C)C(C)(C)C. The van der Waals surface area contributed by atoms with Gasteiger partial charge in [-0.25, -0.2) is 0 Å². The fourth-order valence-electron chi connectivity index (χ4n) is 5.24. The van der Waals surface area contributed by atoms with Crippen molar-refractivity contribution in [1.82, 2.24) is 0 Å². The second-order valence-electron chi connectivity index (χ2n) is 11.9. The number of hydrogen-bond acceptors (Lipinski definition) is 6. The fraction of sp³-hybridized carbons (Fsp3) is 0.962. The van der Waals surface area contributed by atoms with Crippen LogP contribution in [0.2, 0.25) is 18.1 Å². The molecule has 3 aliphatic rings. The summed E-state index contributed by atoms with van der Waals surface area (Å²) in [5.41, 5.74) is 0. The highest BCUT2D eigenvalue weighted by atomic mass is 28.4. The third-order valence-electron chi connectivity index (χ3n) is 8.18. The first-order valence-corrected chi connectivity index (χ1v) is 16.1. The molecular formula is C26H48O6Si. The van der Waals surface area contributed by atoms with Crippen molar-refractivity contribution >= 4 is 14.3 Å². The summed E-state index contributed by atoms with van der Waals surface area (Å²) >= 11 is 0. The number of rotatable bonds is 8. The second-order valence-corrected chi connectivity index (χ2v) is 16.7. The third-order valence-corrected chi connectivity index (χ3v) is 12.7. The minimum Gasteiger partial charge on any atom is -0.469 e. The number of ether oxygens (including phenoxy) is 4. The average molecular weight is 485 g/mol. The van der Waals surface area contributed by atoms with Crippen LogP contribution in [-0.4, -0.2) is 58.2 Å². The van der Waals surface area contributed by atoms with Crippen molar-refractivity contribution in [3.8, 4) is 0 Å². The molecule has 0 aromatic carbocycles. The molecule has 0 aromatic rings. The van der Waals surface area contributed by atoms with Crippen LogP contribution in [0.3, 0.4) is 0 Å². The zero-order valence-electron chi connectivity index (χ0n) is 22.0. The summed E-state index contributed by atoms with van der Waals surface area (Å²) in [6.07, 6.45) is 12.3. The molecule has 0 aromatic heterocycles. The normalized spacial score (nSPS) is 29.6. The lowest BCUT2D eigenvalue weighted by atomic mass is 9.91. The highest BCUT2D eigenvalue weighted by molar-refractivity contribution is 6.74. The van der Waals surface area contributed by atoms with Crippen LogP contribution in [0.1, 0.15) is 97.8 Å². The maximum atomic E-state index is 12.1. The Labute approximate surface area is 202 Å². The first kappa shape index (κ1) is 27.1. The van der Waals surface area contributed by atoms with Gasteiger partial charge < -0.3 is 23.4 Å². The summed E-state index contributed by atoms with van der Waals surface area (Å²) < 4.78 is 30.8. The molecule has 4 atom stereocenters. The molecule has 1 spiro atoms. The van der Waals surface area contributed by atoms with E-state index in [0.29, 0.717) is 6.42 Å². The van der Waals surface area contributed by atoms with E-state index in [1.165, 1.54) is 26.4 Å². The van der Waals surface area contributed by atoms with E-state index in [1.54, 1.807) is 0 Å². The van der Waals surface area contributed by atoms with Gasteiger partial charge in [0.05, 0.1) is 44.6 Å². The number of esters is 1. The number of carbonyl (C=O) groups is 1. The van der Waals surface area contributed by atoms with Crippen LogP contribution in [-0.2, 0) is 28.2 Å². The van der Waals surface area contributed by atoms with Crippen molar-refractivity contribution in [2.24, 2.45) is 0 Å². The molecule has 1 saturated carbocycles. The van der Waals surface area contributed by atoms with Crippen LogP contribution in [0.4, 0.5) is 0 Å². The molecule has 6 nitrogen and oxygen atoms in total. The lowest BCUT2D eigenvalue weighted by molar-refractivity contribution is -0.309. The second kappa shape index (κ2) is 11.5. The Morgan fingerprint density at radius 2 is 1.73 bits per heavy atom. The van der Waals surface area contributed by atoms with Crippen molar-refractivity contribution in [3.63, 3.8) is 0 Å². The van der Waals surface area contributed by atoms with E-state index in [4.69, 9.17) is 23.4 Å². The van der Waals surface area contributed by atoms with Crippen LogP contribution < -0.4 is 0 Å². The highest BCUT2D eigenvalue weighted by Gasteiger charge is 2.42. The van der Waals surface area contributed by atoms with Gasteiger partial charge in [-0.1, -0.05) is 27.2 Å². The molecule has 3 fully saturated rings. The summed E-state index contributed by atoms with van der Waals surface area (Å²) in [6.45, 7) is 12.0. The molecule has 7 heteroatoms. The van der Waals surface area contributed by atoms with E-state index in [2.05, 4.69) is 33.9 Å². The largest absolute Gasteiger partial charge is 0.469 e. The summed E-state index contributed by atoms with van der Waals surface area (Å²) in [5.74, 6) is -0.544. The monoisotopic (exact) mass is 484 g/mol. The standard InChI is InChI=1S/C26H48O6Si/c1-25(2,3)33(5,6)32-23(19-24(27)28-4)18-21-12-10-11-20(30-21)17-22-13-16-29-26(31-22)14-8-7-9-15-26/h20-23H,7-19H2,1-6H3/t20-,21+,22+,23-/m1/s1. The van der Waals surface area contributed by atoms with Gasteiger partial charge in [-0.2, -0.15) is 0 Å². The lowest BCUT2D eigenvalue weighted by Crippen LogP contribution is -2.47. The van der Waals surface area contributed by atoms with Crippen molar-refractivity contribution < 1.29 is 28.2 Å². The molecule has 1 aliphatic carbocycles. The van der Waals surface area contributed by atoms with Crippen LogP contribution >= 0.6 is 0 Å². The molecule has 3 rings (SSSR count). The Morgan fingerprint density at radius 3 is 2.39 bits per heavy atom. The van der Waals surface area contributed by atoms with Gasteiger partial charge in [-0.3, -0.25) is 4.79 Å². The van der Waals surface area contributed by atoms with E-state index in [-0.39, 0.29) is 41.2 Å². The van der Waals surface area contributed by atoms with E-state index in [1.807, 2.05) is 0 Å². The predicted octanol–water partition coefficient (Wildman–Crippen LogP) is 6.12. The lowest BCUT2D eigenvalue weighted by Gasteiger charge is -2.44. The Morgan fingerprint density at radius 1 is 1.03 bits per heavy atom. The maximum Gasteiger partial charge on any atom is 0.308 e. The number of carbonyl (C=O) groups excluding carboxylic acids is 1. The topological polar surface area (TPSA) is 63.2 Å². The molecule has 33 heavy (non-hydrogen) atoms. The molecule has 2 saturated heterocycles. The van der Waals surface area contributed by atoms with Crippen LogP contribution in [0, 0.1) is 0 Å². The van der Waals surface area contributed by atoms with Crippen molar-refractivity contribution in [3.05, 3.63) is 0 Å². The van der Waals surface area contributed by atoms with Gasteiger partial charge in [-0.05, 0) is 69.5 Å². The van der Waals surface area contributed by atoms with Gasteiger partial charge in [0.25, 0.3) is 0 Å². The Balaban J connectivity index is 1.56. The van der Waals surface area contributed by atoms with E-state index in [9.17, 15) is 4.79 Å². The van der Waals surface area contributed by atoms with Crippen molar-refractivity contribution in [2.45, 2.75) is 146 Å². The molecule has 0 unspecified atom stereocenters. The zero-order chi connectivity index (χ0) is 24.1. The van der Waals surface area contributed by atoms with Gasteiger partial charge in [0.1, 0.15) is 0 Å². The summed E-state index contributed by atoms with van der Waals surface area (Å²) in [6, 6.07) is 0. The highest BCUT2D eigenvalue weighted by Crippen LogP contribution is 2.40. The minimum atomic E-state index is -2.00. The minimum absolute atomic E-state index is 0.0901. The third kappa shape index (κ3) is 7.76.